The van der Waals surface area contributed by atoms with Gasteiger partial charge >= 0.3 is 0 Å². The summed E-state index contributed by atoms with van der Waals surface area (Å²) in [4.78, 5) is 16.1. The molecule has 0 bridgehead atoms. The molecule has 0 spiro atoms. The summed E-state index contributed by atoms with van der Waals surface area (Å²) in [5, 5.41) is 3.41. The summed E-state index contributed by atoms with van der Waals surface area (Å²) < 4.78 is 19.1. The lowest BCUT2D eigenvalue weighted by Gasteiger charge is -2.31. The number of alkyl halides is 1. The van der Waals surface area contributed by atoms with E-state index in [1.165, 1.54) is 24.3 Å². The van der Waals surface area contributed by atoms with Gasteiger partial charge in [0.15, 0.2) is 0 Å². The Kier molecular flexibility index (Phi) is 8.58. The molecule has 0 radical (unpaired) electrons. The fourth-order valence-corrected chi connectivity index (χ4v) is 3.65. The normalized spacial score (nSPS) is 15.2. The van der Waals surface area contributed by atoms with Crippen LogP contribution in [0.25, 0.3) is 0 Å². The number of rotatable bonds is 10. The van der Waals surface area contributed by atoms with Crippen LogP contribution >= 0.6 is 23.2 Å². The van der Waals surface area contributed by atoms with Gasteiger partial charge in [0.2, 0.25) is 5.91 Å². The van der Waals surface area contributed by atoms with Gasteiger partial charge in [-0.15, -0.1) is 0 Å². The maximum atomic E-state index is 13.0. The first-order valence-corrected chi connectivity index (χ1v) is 11.0. The van der Waals surface area contributed by atoms with Crippen molar-refractivity contribution in [3.8, 4) is 0 Å². The highest BCUT2D eigenvalue weighted by Crippen LogP contribution is 2.31. The van der Waals surface area contributed by atoms with Crippen LogP contribution in [0.1, 0.15) is 31.4 Å². The zero-order chi connectivity index (χ0) is 22.2. The Morgan fingerprint density at radius 3 is 2.55 bits per heavy atom. The summed E-state index contributed by atoms with van der Waals surface area (Å²) in [5.41, 5.74) is 1.04. The minimum Gasteiger partial charge on any atom is -0.370 e. The highest BCUT2D eigenvalue weighted by atomic mass is 35.5. The van der Waals surface area contributed by atoms with E-state index in [4.69, 9.17) is 27.9 Å². The smallest absolute Gasteiger partial charge is 0.243 e. The highest BCUT2D eigenvalue weighted by Gasteiger charge is 2.29. The first-order valence-electron chi connectivity index (χ1n) is 10.2. The van der Waals surface area contributed by atoms with Crippen molar-refractivity contribution >= 4 is 34.8 Å². The number of ether oxygens (including phenoxy) is 1. The number of unbranched alkanes of at least 4 members (excludes halogenated alkanes) is 1. The Hall–Kier alpha value is -2.28. The van der Waals surface area contributed by atoms with Gasteiger partial charge in [-0.1, -0.05) is 48.7 Å². The first kappa shape index (κ1) is 23.4. The fraction of sp³-hybridized carbons (Fsp3) is 0.348. The average Bonchev–Trinajstić information content (AvgIpc) is 3.22. The second kappa shape index (κ2) is 11.4. The number of halogens is 3. The van der Waals surface area contributed by atoms with Gasteiger partial charge in [0.05, 0.1) is 13.2 Å². The molecule has 0 fully saturated rings. The van der Waals surface area contributed by atoms with Crippen LogP contribution in [-0.4, -0.2) is 41.0 Å². The predicted octanol–water partition coefficient (Wildman–Crippen LogP) is 5.59. The Bertz CT molecular complexity index is 877. The summed E-state index contributed by atoms with van der Waals surface area (Å²) in [7, 11) is 0. The zero-order valence-corrected chi connectivity index (χ0v) is 18.8. The van der Waals surface area contributed by atoms with Crippen LogP contribution in [0.15, 0.2) is 60.9 Å². The Morgan fingerprint density at radius 2 is 1.87 bits per heavy atom. The van der Waals surface area contributed by atoms with Crippen molar-refractivity contribution in [1.29, 1.82) is 0 Å². The van der Waals surface area contributed by atoms with Crippen LogP contribution in [-0.2, 0) is 9.53 Å². The maximum absolute atomic E-state index is 13.0. The average molecular weight is 466 g/mol. The summed E-state index contributed by atoms with van der Waals surface area (Å²) >= 11 is 12.8. The van der Waals surface area contributed by atoms with E-state index >= 15 is 0 Å². The van der Waals surface area contributed by atoms with Gasteiger partial charge in [-0.05, 0) is 48.4 Å². The van der Waals surface area contributed by atoms with E-state index in [2.05, 4.69) is 12.2 Å². The number of hydrogen-bond donors (Lipinski definition) is 1. The van der Waals surface area contributed by atoms with E-state index in [0.717, 1.165) is 18.4 Å². The molecule has 3 rings (SSSR count). The largest absolute Gasteiger partial charge is 0.370 e. The summed E-state index contributed by atoms with van der Waals surface area (Å²) in [5.74, 6) is -0.543. The van der Waals surface area contributed by atoms with E-state index in [-0.39, 0.29) is 24.4 Å². The molecule has 2 atom stereocenters. The molecule has 1 aliphatic rings. The monoisotopic (exact) mass is 465 g/mol. The van der Waals surface area contributed by atoms with Crippen molar-refractivity contribution in [2.75, 3.05) is 25.1 Å². The van der Waals surface area contributed by atoms with Gasteiger partial charge in [-0.3, -0.25) is 4.79 Å². The van der Waals surface area contributed by atoms with Crippen molar-refractivity contribution in [2.45, 2.75) is 31.4 Å². The molecule has 1 N–H and O–H groups in total. The lowest BCUT2D eigenvalue weighted by molar-refractivity contribution is -0.117. The molecular weight excluding hydrogens is 440 g/mol. The third-order valence-corrected chi connectivity index (χ3v) is 5.58. The molecule has 1 aliphatic heterocycles. The first-order chi connectivity index (χ1) is 15.0. The van der Waals surface area contributed by atoms with Crippen LogP contribution in [0, 0.1) is 5.82 Å². The van der Waals surface area contributed by atoms with E-state index in [9.17, 15) is 9.18 Å². The fourth-order valence-electron chi connectivity index (χ4n) is 3.18. The Balaban J connectivity index is 1.58. The third kappa shape index (κ3) is 6.86. The topological polar surface area (TPSA) is 44.8 Å². The molecule has 1 heterocycles. The minimum absolute atomic E-state index is 0.149. The summed E-state index contributed by atoms with van der Waals surface area (Å²) in [6.07, 6.45) is 5.31. The van der Waals surface area contributed by atoms with Crippen LogP contribution in [0.4, 0.5) is 10.1 Å². The molecule has 0 saturated heterocycles. The molecule has 8 heteroatoms. The quantitative estimate of drug-likeness (QED) is 0.282. The van der Waals surface area contributed by atoms with E-state index in [1.54, 1.807) is 0 Å². The maximum Gasteiger partial charge on any atom is 0.243 e. The number of carbonyl (C=O) groups is 1. The molecule has 31 heavy (non-hydrogen) atoms. The van der Waals surface area contributed by atoms with Gasteiger partial charge in [-0.2, -0.15) is 0 Å². The molecule has 0 aromatic heterocycles. The highest BCUT2D eigenvalue weighted by molar-refractivity contribution is 6.30. The van der Waals surface area contributed by atoms with E-state index in [1.807, 2.05) is 46.5 Å². The van der Waals surface area contributed by atoms with Crippen molar-refractivity contribution in [3.05, 3.63) is 77.3 Å². The lowest BCUT2D eigenvalue weighted by atomic mass is 10.1. The SMILES string of the molecule is CCCCOC(c1ccc(Cl)cc1)C(Cl)N1C=CN(CC(=O)Nc2ccc(F)cc2)C1. The third-order valence-electron chi connectivity index (χ3n) is 4.85. The number of carbonyl (C=O) groups excluding carboxylic acids is 1. The van der Waals surface area contributed by atoms with Crippen molar-refractivity contribution < 1.29 is 13.9 Å². The number of benzene rings is 2. The Labute approximate surface area is 192 Å². The number of hydrogen-bond acceptors (Lipinski definition) is 4. The molecule has 0 aliphatic carbocycles. The summed E-state index contributed by atoms with van der Waals surface area (Å²) in [6, 6.07) is 13.1. The Morgan fingerprint density at radius 1 is 1.16 bits per heavy atom. The van der Waals surface area contributed by atoms with Crippen LogP contribution in [0.3, 0.4) is 0 Å². The molecule has 166 valence electrons. The minimum atomic E-state index is -0.459. The number of nitrogens with zero attached hydrogens (tertiary/aromatic N) is 2. The van der Waals surface area contributed by atoms with Crippen LogP contribution in [0.5, 0.6) is 0 Å². The van der Waals surface area contributed by atoms with Crippen LogP contribution in [0.2, 0.25) is 5.02 Å². The van der Waals surface area contributed by atoms with Crippen molar-refractivity contribution in [2.24, 2.45) is 0 Å². The van der Waals surface area contributed by atoms with Gasteiger partial charge in [0.1, 0.15) is 17.4 Å². The molecule has 1 amide bonds. The molecule has 2 aromatic carbocycles. The van der Waals surface area contributed by atoms with E-state index < -0.39 is 5.50 Å². The predicted molar refractivity (Wildman–Crippen MR) is 122 cm³/mol. The second-order valence-corrected chi connectivity index (χ2v) is 8.21. The molecular formula is C23H26Cl2FN3O2. The van der Waals surface area contributed by atoms with Gasteiger partial charge in [-0.25, -0.2) is 4.39 Å². The van der Waals surface area contributed by atoms with Gasteiger partial charge in [0.25, 0.3) is 0 Å². The standard InChI is InChI=1S/C23H26Cl2FN3O2/c1-2-3-14-31-22(17-4-6-18(24)7-5-17)23(25)29-13-12-28(16-29)15-21(30)27-20-10-8-19(26)9-11-20/h4-13,22-23H,2-3,14-16H2,1H3,(H,27,30). The molecule has 5 nitrogen and oxygen atoms in total. The molecule has 2 aromatic rings. The number of anilines is 1. The summed E-state index contributed by atoms with van der Waals surface area (Å²) in [6.45, 7) is 3.31. The molecule has 0 saturated carbocycles. The zero-order valence-electron chi connectivity index (χ0n) is 17.3. The van der Waals surface area contributed by atoms with Gasteiger partial charge in [0, 0.05) is 29.7 Å². The van der Waals surface area contributed by atoms with Gasteiger partial charge < -0.3 is 19.9 Å². The van der Waals surface area contributed by atoms with Crippen molar-refractivity contribution in [3.63, 3.8) is 0 Å². The van der Waals surface area contributed by atoms with E-state index in [0.29, 0.717) is 24.0 Å². The van der Waals surface area contributed by atoms with Crippen molar-refractivity contribution in [1.82, 2.24) is 9.80 Å². The molecule has 2 unspecified atom stereocenters. The lowest BCUT2D eigenvalue weighted by Crippen LogP contribution is -2.38. The second-order valence-electron chi connectivity index (χ2n) is 7.32. The number of nitrogens with one attached hydrogen (secondary N) is 1. The van der Waals surface area contributed by atoms with Crippen LogP contribution < -0.4 is 5.32 Å². The number of amides is 1.